The number of fused-ring (bicyclic) bond motifs is 1. The average Bonchev–Trinajstić information content (AvgIpc) is 3.03. The van der Waals surface area contributed by atoms with E-state index in [1.54, 1.807) is 18.3 Å². The van der Waals surface area contributed by atoms with Crippen molar-refractivity contribution in [2.24, 2.45) is 10.7 Å². The Balaban J connectivity index is 0.000000375. The molecule has 228 valence electrons. The lowest BCUT2D eigenvalue weighted by Gasteiger charge is -2.25. The van der Waals surface area contributed by atoms with Crippen LogP contribution in [0.15, 0.2) is 84.6 Å². The highest BCUT2D eigenvalue weighted by Gasteiger charge is 2.13. The number of hydrogen-bond acceptors (Lipinski definition) is 10. The number of ether oxygens (including phenoxy) is 2. The van der Waals surface area contributed by atoms with E-state index in [9.17, 15) is 14.3 Å². The van der Waals surface area contributed by atoms with Crippen LogP contribution >= 0.6 is 0 Å². The molecule has 4 N–H and O–H groups in total. The van der Waals surface area contributed by atoms with Gasteiger partial charge in [0.25, 0.3) is 0 Å². The second-order valence-electron chi connectivity index (χ2n) is 9.73. The van der Waals surface area contributed by atoms with E-state index >= 15 is 0 Å². The molecule has 2 aromatic heterocycles. The zero-order valence-electron chi connectivity index (χ0n) is 24.5. The molecule has 1 fully saturated rings. The second kappa shape index (κ2) is 15.1. The van der Waals surface area contributed by atoms with Gasteiger partial charge < -0.3 is 30.5 Å². The fourth-order valence-electron chi connectivity index (χ4n) is 4.27. The SMILES string of the molecule is C=CC(=O)N1CCCCC1.COc1cc2ncnc(Nc3ccc(O/C(N)=C/C=Nc4ccc(C)nc4)cc3F)c2cc1O. The average molecular weight is 600 g/mol. The van der Waals surface area contributed by atoms with E-state index in [-0.39, 0.29) is 34.7 Å². The number of likely N-dealkylation sites (tertiary alicyclic amines) is 1. The number of pyridine rings is 1. The first-order valence-electron chi connectivity index (χ1n) is 13.9. The molecule has 4 aromatic rings. The number of benzene rings is 2. The zero-order chi connectivity index (χ0) is 31.5. The number of aromatic hydroxyl groups is 1. The van der Waals surface area contributed by atoms with Gasteiger partial charge in [-0.05, 0) is 62.6 Å². The number of anilines is 2. The topological polar surface area (TPSA) is 148 Å². The molecule has 0 bridgehead atoms. The molecule has 0 unspecified atom stereocenters. The summed E-state index contributed by atoms with van der Waals surface area (Å²) >= 11 is 0. The number of hydrogen-bond donors (Lipinski definition) is 3. The van der Waals surface area contributed by atoms with Crippen molar-refractivity contribution < 1.29 is 23.8 Å². The van der Waals surface area contributed by atoms with Gasteiger partial charge in [-0.2, -0.15) is 0 Å². The Bertz CT molecular complexity index is 1670. The number of phenols is 1. The first-order chi connectivity index (χ1) is 21.3. The molecule has 44 heavy (non-hydrogen) atoms. The van der Waals surface area contributed by atoms with Crippen LogP contribution in [0.2, 0.25) is 0 Å². The summed E-state index contributed by atoms with van der Waals surface area (Å²) in [6.07, 6.45) is 10.9. The van der Waals surface area contributed by atoms with Crippen molar-refractivity contribution in [3.63, 3.8) is 0 Å². The Labute approximate surface area is 254 Å². The van der Waals surface area contributed by atoms with Crippen molar-refractivity contribution in [1.82, 2.24) is 19.9 Å². The molecule has 1 aliphatic rings. The Morgan fingerprint density at radius 3 is 2.61 bits per heavy atom. The van der Waals surface area contributed by atoms with Gasteiger partial charge >= 0.3 is 0 Å². The van der Waals surface area contributed by atoms with Crippen LogP contribution < -0.4 is 20.5 Å². The number of rotatable bonds is 8. The van der Waals surface area contributed by atoms with E-state index < -0.39 is 5.82 Å². The molecule has 1 aliphatic heterocycles. The number of nitrogens with zero attached hydrogens (tertiary/aromatic N) is 5. The number of methoxy groups -OCH3 is 1. The van der Waals surface area contributed by atoms with Crippen LogP contribution in [0.1, 0.15) is 25.0 Å². The maximum atomic E-state index is 14.7. The van der Waals surface area contributed by atoms with Crippen molar-refractivity contribution in [2.45, 2.75) is 26.2 Å². The highest BCUT2D eigenvalue weighted by Crippen LogP contribution is 2.34. The first kappa shape index (κ1) is 31.4. The number of nitrogens with one attached hydrogen (secondary N) is 1. The number of carbonyl (C=O) groups is 1. The van der Waals surface area contributed by atoms with Crippen LogP contribution in [-0.2, 0) is 4.79 Å². The summed E-state index contributed by atoms with van der Waals surface area (Å²) in [5.41, 5.74) is 8.08. The van der Waals surface area contributed by atoms with Gasteiger partial charge in [-0.25, -0.2) is 14.4 Å². The summed E-state index contributed by atoms with van der Waals surface area (Å²) in [4.78, 5) is 29.5. The number of allylic oxidation sites excluding steroid dienone is 1. The molecular weight excluding hydrogens is 565 g/mol. The van der Waals surface area contributed by atoms with Crippen LogP contribution in [0.25, 0.3) is 10.9 Å². The minimum Gasteiger partial charge on any atom is -0.504 e. The molecule has 1 saturated heterocycles. The van der Waals surface area contributed by atoms with Gasteiger partial charge in [0.1, 0.15) is 23.7 Å². The van der Waals surface area contributed by atoms with Gasteiger partial charge in [-0.15, -0.1) is 0 Å². The lowest BCUT2D eigenvalue weighted by atomic mass is 10.1. The fraction of sp³-hybridized carbons (Fsp3) is 0.219. The predicted octanol–water partition coefficient (Wildman–Crippen LogP) is 5.70. The van der Waals surface area contributed by atoms with Gasteiger partial charge in [0.05, 0.1) is 30.2 Å². The molecule has 0 atom stereocenters. The normalized spacial score (nSPS) is 13.2. The Morgan fingerprint density at radius 2 is 1.93 bits per heavy atom. The van der Waals surface area contributed by atoms with Crippen molar-refractivity contribution in [3.8, 4) is 17.2 Å². The summed E-state index contributed by atoms with van der Waals surface area (Å²) in [7, 11) is 1.44. The number of phenolic OH excluding ortho intramolecular Hbond substituents is 1. The number of nitrogens with two attached hydrogens (primary N) is 1. The number of carbonyl (C=O) groups excluding carboxylic acids is 1. The fourth-order valence-corrected chi connectivity index (χ4v) is 4.27. The maximum Gasteiger partial charge on any atom is 0.245 e. The quantitative estimate of drug-likeness (QED) is 0.132. The van der Waals surface area contributed by atoms with Gasteiger partial charge in [0.2, 0.25) is 5.91 Å². The van der Waals surface area contributed by atoms with E-state index in [1.165, 1.54) is 56.4 Å². The highest BCUT2D eigenvalue weighted by atomic mass is 19.1. The number of piperidine rings is 1. The number of aryl methyl sites for hydroxylation is 1. The molecule has 0 aliphatic carbocycles. The zero-order valence-corrected chi connectivity index (χ0v) is 24.5. The lowest BCUT2D eigenvalue weighted by Crippen LogP contribution is -2.34. The van der Waals surface area contributed by atoms with Crippen LogP contribution in [0.3, 0.4) is 0 Å². The molecule has 2 aromatic carbocycles. The van der Waals surface area contributed by atoms with E-state index in [4.69, 9.17) is 15.2 Å². The molecule has 0 radical (unpaired) electrons. The Kier molecular flexibility index (Phi) is 10.8. The summed E-state index contributed by atoms with van der Waals surface area (Å²) in [5.74, 6) is 0.246. The van der Waals surface area contributed by atoms with Gasteiger partial charge in [0.15, 0.2) is 17.4 Å². The van der Waals surface area contributed by atoms with Gasteiger partial charge in [-0.3, -0.25) is 14.8 Å². The van der Waals surface area contributed by atoms with Crippen LogP contribution in [0, 0.1) is 12.7 Å². The van der Waals surface area contributed by atoms with Crippen molar-refractivity contribution in [2.75, 3.05) is 25.5 Å². The summed E-state index contributed by atoms with van der Waals surface area (Å²) < 4.78 is 25.3. The highest BCUT2D eigenvalue weighted by molar-refractivity contribution is 5.93. The van der Waals surface area contributed by atoms with E-state index in [2.05, 4.69) is 31.8 Å². The molecule has 0 spiro atoms. The number of halogens is 1. The van der Waals surface area contributed by atoms with Crippen molar-refractivity contribution in [1.29, 1.82) is 0 Å². The summed E-state index contributed by atoms with van der Waals surface area (Å²) in [6, 6.07) is 10.9. The van der Waals surface area contributed by atoms with Gasteiger partial charge in [-0.1, -0.05) is 6.58 Å². The molecule has 1 amide bonds. The maximum absolute atomic E-state index is 14.7. The number of aromatic nitrogens is 3. The van der Waals surface area contributed by atoms with Crippen LogP contribution in [0.4, 0.5) is 21.6 Å². The molecule has 11 nitrogen and oxygen atoms in total. The van der Waals surface area contributed by atoms with Crippen molar-refractivity contribution >= 4 is 40.2 Å². The van der Waals surface area contributed by atoms with E-state index in [1.807, 2.05) is 24.0 Å². The van der Waals surface area contributed by atoms with Crippen LogP contribution in [-0.4, -0.2) is 57.3 Å². The molecular formula is C32H34FN7O4. The third kappa shape index (κ3) is 8.51. The van der Waals surface area contributed by atoms with Crippen molar-refractivity contribution in [3.05, 3.63) is 91.1 Å². The number of aliphatic imine (C=N–C) groups is 1. The molecule has 3 heterocycles. The monoisotopic (exact) mass is 599 g/mol. The summed E-state index contributed by atoms with van der Waals surface area (Å²) in [5, 5.41) is 13.5. The minimum absolute atomic E-state index is 0.0372. The summed E-state index contributed by atoms with van der Waals surface area (Å²) in [6.45, 7) is 7.17. The third-order valence-corrected chi connectivity index (χ3v) is 6.57. The molecule has 12 heteroatoms. The minimum atomic E-state index is -0.589. The van der Waals surface area contributed by atoms with Crippen LogP contribution in [0.5, 0.6) is 17.2 Å². The van der Waals surface area contributed by atoms with E-state index in [0.717, 1.165) is 31.6 Å². The second-order valence-corrected chi connectivity index (χ2v) is 9.73. The Morgan fingerprint density at radius 1 is 1.14 bits per heavy atom. The molecule has 5 rings (SSSR count). The smallest absolute Gasteiger partial charge is 0.245 e. The number of amides is 1. The molecule has 0 saturated carbocycles. The standard InChI is InChI=1S/C24H21FN6O3.C8H13NO/c1-14-3-4-15(12-28-14)27-8-7-23(26)34-16-5-6-19(18(25)9-16)31-24-17-10-21(32)22(33-2)11-20(17)29-13-30-24;1-2-8(10)9-6-4-3-5-7-9/h3-13,32H,26H2,1-2H3,(H,29,30,31);2H,1,3-7H2/b23-7+,27-8?;. The third-order valence-electron chi connectivity index (χ3n) is 6.57. The predicted molar refractivity (Wildman–Crippen MR) is 168 cm³/mol. The van der Waals surface area contributed by atoms with Gasteiger partial charge in [0, 0.05) is 48.6 Å². The lowest BCUT2D eigenvalue weighted by molar-refractivity contribution is -0.126. The van der Waals surface area contributed by atoms with E-state index in [0.29, 0.717) is 22.4 Å². The Hall–Kier alpha value is -5.52. The first-order valence-corrected chi connectivity index (χ1v) is 13.9. The largest absolute Gasteiger partial charge is 0.504 e.